The maximum Gasteiger partial charge on any atom is 0.115 e. The van der Waals surface area contributed by atoms with Crippen molar-refractivity contribution in [2.75, 3.05) is 0 Å². The van der Waals surface area contributed by atoms with E-state index in [0.29, 0.717) is 17.6 Å². The Morgan fingerprint density at radius 1 is 1.08 bits per heavy atom. The topological polar surface area (TPSA) is 40.5 Å². The van der Waals surface area contributed by atoms with Crippen LogP contribution in [0.15, 0.2) is 12.1 Å². The molecule has 0 spiro atoms. The van der Waals surface area contributed by atoms with Crippen molar-refractivity contribution in [3.05, 3.63) is 23.3 Å². The van der Waals surface area contributed by atoms with Crippen molar-refractivity contribution in [2.24, 2.45) is 17.3 Å². The fourth-order valence-corrected chi connectivity index (χ4v) is 8.04. The number of fused-ring (bicyclic) bond motifs is 5. The van der Waals surface area contributed by atoms with E-state index in [1.54, 1.807) is 5.56 Å². The molecule has 0 bridgehead atoms. The summed E-state index contributed by atoms with van der Waals surface area (Å²) in [6, 6.07) is 4.11. The van der Waals surface area contributed by atoms with Gasteiger partial charge < -0.3 is 10.2 Å². The van der Waals surface area contributed by atoms with Crippen LogP contribution in [0.2, 0.25) is 19.6 Å². The normalized spacial score (nSPS) is 38.4. The molecule has 24 heavy (non-hydrogen) atoms. The number of phenols is 1. The SMILES string of the molecule is C[C@]12CC[C@@H]3c4c(cc(O)cc4[Si](C)(C)C)CC[C@@H]3[C@@H]1CC[C@@H]2O. The molecule has 1 aromatic carbocycles. The molecule has 3 aliphatic rings. The van der Waals surface area contributed by atoms with E-state index >= 15 is 0 Å². The average Bonchev–Trinajstić information content (AvgIpc) is 2.81. The van der Waals surface area contributed by atoms with E-state index in [4.69, 9.17) is 0 Å². The Labute approximate surface area is 147 Å². The van der Waals surface area contributed by atoms with Crippen LogP contribution < -0.4 is 5.19 Å². The Morgan fingerprint density at radius 2 is 1.83 bits per heavy atom. The minimum Gasteiger partial charge on any atom is -0.508 e. The molecule has 4 rings (SSSR count). The highest BCUT2D eigenvalue weighted by atomic mass is 28.3. The third kappa shape index (κ3) is 2.31. The van der Waals surface area contributed by atoms with Gasteiger partial charge >= 0.3 is 0 Å². The number of benzene rings is 1. The van der Waals surface area contributed by atoms with E-state index in [1.165, 1.54) is 30.0 Å². The lowest BCUT2D eigenvalue weighted by molar-refractivity contribution is -0.0224. The maximum atomic E-state index is 10.6. The van der Waals surface area contributed by atoms with Gasteiger partial charge in [0.2, 0.25) is 0 Å². The van der Waals surface area contributed by atoms with Gasteiger partial charge in [-0.05, 0) is 85.0 Å². The second kappa shape index (κ2) is 5.34. The molecular formula is C21H32O2Si. The molecule has 3 aliphatic carbocycles. The molecule has 0 aromatic heterocycles. The fourth-order valence-electron chi connectivity index (χ4n) is 6.30. The Hall–Kier alpha value is -0.803. The lowest BCUT2D eigenvalue weighted by Gasteiger charge is -2.51. The highest BCUT2D eigenvalue weighted by Gasteiger charge is 2.54. The van der Waals surface area contributed by atoms with Gasteiger partial charge in [-0.1, -0.05) is 31.8 Å². The van der Waals surface area contributed by atoms with E-state index in [2.05, 4.69) is 32.6 Å². The molecule has 2 fully saturated rings. The second-order valence-corrected chi connectivity index (χ2v) is 14.9. The summed E-state index contributed by atoms with van der Waals surface area (Å²) in [6.07, 6.45) is 6.81. The molecule has 0 aliphatic heterocycles. The summed E-state index contributed by atoms with van der Waals surface area (Å²) >= 11 is 0. The van der Waals surface area contributed by atoms with Crippen LogP contribution in [-0.4, -0.2) is 24.4 Å². The van der Waals surface area contributed by atoms with Gasteiger partial charge in [-0.25, -0.2) is 0 Å². The third-order valence-corrected chi connectivity index (χ3v) is 9.59. The van der Waals surface area contributed by atoms with Gasteiger partial charge in [0.1, 0.15) is 5.75 Å². The molecule has 0 radical (unpaired) electrons. The number of aromatic hydroxyl groups is 1. The summed E-state index contributed by atoms with van der Waals surface area (Å²) in [5, 5.41) is 22.3. The van der Waals surface area contributed by atoms with Gasteiger partial charge in [0, 0.05) is 0 Å². The van der Waals surface area contributed by atoms with Crippen LogP contribution in [-0.2, 0) is 6.42 Å². The Bertz CT molecular complexity index is 663. The molecule has 2 N–H and O–H groups in total. The standard InChI is InChI=1S/C21H32O2Si/c1-21-10-9-16-15(17(21)7-8-19(21)23)6-5-13-11-14(22)12-18(20(13)16)24(2,3)4/h11-12,15-17,19,22-23H,5-10H2,1-4H3/t15-,16-,17-,19-,21-/m0/s1. The van der Waals surface area contributed by atoms with E-state index in [1.807, 2.05) is 6.07 Å². The number of phenolic OH excluding ortho intramolecular Hbond substituents is 1. The molecule has 0 unspecified atom stereocenters. The lowest BCUT2D eigenvalue weighted by Crippen LogP contribution is -2.48. The Morgan fingerprint density at radius 3 is 2.54 bits per heavy atom. The number of aliphatic hydroxyl groups is 1. The Kier molecular flexibility index (Phi) is 3.71. The number of hydrogen-bond donors (Lipinski definition) is 2. The second-order valence-electron chi connectivity index (χ2n) is 9.87. The van der Waals surface area contributed by atoms with E-state index < -0.39 is 8.07 Å². The zero-order chi connectivity index (χ0) is 17.3. The molecule has 0 amide bonds. The van der Waals surface area contributed by atoms with Crippen LogP contribution in [0.4, 0.5) is 0 Å². The van der Waals surface area contributed by atoms with Crippen LogP contribution in [0.3, 0.4) is 0 Å². The molecule has 2 nitrogen and oxygen atoms in total. The van der Waals surface area contributed by atoms with Crippen molar-refractivity contribution in [1.29, 1.82) is 0 Å². The molecular weight excluding hydrogens is 312 g/mol. The summed E-state index contributed by atoms with van der Waals surface area (Å²) in [7, 11) is -1.50. The van der Waals surface area contributed by atoms with Gasteiger partial charge in [-0.2, -0.15) is 0 Å². The molecule has 5 atom stereocenters. The zero-order valence-corrected chi connectivity index (χ0v) is 16.6. The van der Waals surface area contributed by atoms with Crippen molar-refractivity contribution in [3.63, 3.8) is 0 Å². The smallest absolute Gasteiger partial charge is 0.115 e. The molecule has 0 heterocycles. The molecule has 2 saturated carbocycles. The first-order chi connectivity index (χ1) is 11.2. The van der Waals surface area contributed by atoms with Crippen LogP contribution in [0.5, 0.6) is 5.75 Å². The number of rotatable bonds is 1. The van der Waals surface area contributed by atoms with Gasteiger partial charge in [-0.3, -0.25) is 0 Å². The van der Waals surface area contributed by atoms with Crippen molar-refractivity contribution < 1.29 is 10.2 Å². The number of aryl methyl sites for hydroxylation is 1. The van der Waals surface area contributed by atoms with Crippen LogP contribution in [0.25, 0.3) is 0 Å². The minimum absolute atomic E-state index is 0.0962. The first-order valence-corrected chi connectivity index (χ1v) is 13.3. The van der Waals surface area contributed by atoms with Crippen LogP contribution in [0, 0.1) is 17.3 Å². The van der Waals surface area contributed by atoms with Crippen LogP contribution >= 0.6 is 0 Å². The first kappa shape index (κ1) is 16.7. The fraction of sp³-hybridized carbons (Fsp3) is 0.714. The largest absolute Gasteiger partial charge is 0.508 e. The molecule has 3 heteroatoms. The predicted molar refractivity (Wildman–Crippen MR) is 102 cm³/mol. The minimum atomic E-state index is -1.50. The molecule has 132 valence electrons. The van der Waals surface area contributed by atoms with E-state index in [9.17, 15) is 10.2 Å². The van der Waals surface area contributed by atoms with Gasteiger partial charge in [-0.15, -0.1) is 0 Å². The molecule has 1 aromatic rings. The summed E-state index contributed by atoms with van der Waals surface area (Å²) in [6.45, 7) is 9.55. The predicted octanol–water partition coefficient (Wildman–Crippen LogP) is 4.15. The average molecular weight is 345 g/mol. The third-order valence-electron chi connectivity index (χ3n) is 7.56. The van der Waals surface area contributed by atoms with E-state index in [0.717, 1.165) is 25.2 Å². The zero-order valence-electron chi connectivity index (χ0n) is 15.6. The Balaban J connectivity index is 1.80. The monoisotopic (exact) mass is 344 g/mol. The molecule has 0 saturated heterocycles. The summed E-state index contributed by atoms with van der Waals surface area (Å²) in [5.41, 5.74) is 3.16. The van der Waals surface area contributed by atoms with Crippen molar-refractivity contribution in [1.82, 2.24) is 0 Å². The van der Waals surface area contributed by atoms with Crippen LogP contribution in [0.1, 0.15) is 56.1 Å². The van der Waals surface area contributed by atoms with Gasteiger partial charge in [0.25, 0.3) is 0 Å². The summed E-state index contributed by atoms with van der Waals surface area (Å²) in [4.78, 5) is 0. The summed E-state index contributed by atoms with van der Waals surface area (Å²) < 4.78 is 0. The first-order valence-electron chi connectivity index (χ1n) is 9.76. The highest BCUT2D eigenvalue weighted by Crippen LogP contribution is 2.60. The number of hydrogen-bond acceptors (Lipinski definition) is 2. The lowest BCUT2D eigenvalue weighted by atomic mass is 9.55. The van der Waals surface area contributed by atoms with Crippen molar-refractivity contribution >= 4 is 13.3 Å². The quantitative estimate of drug-likeness (QED) is 0.751. The highest BCUT2D eigenvalue weighted by molar-refractivity contribution is 6.89. The van der Waals surface area contributed by atoms with Crippen molar-refractivity contribution in [2.45, 2.75) is 77.1 Å². The van der Waals surface area contributed by atoms with Gasteiger partial charge in [0.05, 0.1) is 14.2 Å². The van der Waals surface area contributed by atoms with Gasteiger partial charge in [0.15, 0.2) is 0 Å². The summed E-state index contributed by atoms with van der Waals surface area (Å²) in [5.74, 6) is 2.52. The van der Waals surface area contributed by atoms with Crippen molar-refractivity contribution in [3.8, 4) is 5.75 Å². The number of aliphatic hydroxyl groups excluding tert-OH is 1. The maximum absolute atomic E-state index is 10.6. The van der Waals surface area contributed by atoms with E-state index in [-0.39, 0.29) is 11.5 Å².